The Balaban J connectivity index is 2.82. The van der Waals surface area contributed by atoms with Crippen molar-refractivity contribution in [1.82, 2.24) is 5.43 Å². The van der Waals surface area contributed by atoms with Crippen LogP contribution < -0.4 is 11.3 Å². The van der Waals surface area contributed by atoms with Crippen molar-refractivity contribution in [1.29, 1.82) is 0 Å². The molecule has 1 aromatic rings. The Hall–Kier alpha value is -0.620. The molecule has 84 valence electrons. The average molecular weight is 248 g/mol. The lowest BCUT2D eigenvalue weighted by molar-refractivity contribution is 0.208. The lowest BCUT2D eigenvalue weighted by atomic mass is 10.3. The first-order chi connectivity index (χ1) is 7.20. The number of nitrogens with zero attached hydrogens (tertiary/aromatic N) is 1. The number of aliphatic imine (C=N–C) groups is 1. The Bertz CT molecular complexity index is 351. The minimum absolute atomic E-state index is 0.559. The zero-order valence-corrected chi connectivity index (χ0v) is 10.3. The Morgan fingerprint density at radius 2 is 2.47 bits per heavy atom. The van der Waals surface area contributed by atoms with E-state index in [-0.39, 0.29) is 0 Å². The molecule has 3 N–H and O–H groups in total. The number of halogens is 1. The number of methoxy groups -OCH3 is 1. The molecule has 0 unspecified atom stereocenters. The van der Waals surface area contributed by atoms with Gasteiger partial charge in [-0.15, -0.1) is 11.3 Å². The molecule has 0 aliphatic rings. The summed E-state index contributed by atoms with van der Waals surface area (Å²) in [4.78, 5) is 5.13. The van der Waals surface area contributed by atoms with Crippen molar-refractivity contribution in [2.75, 3.05) is 20.3 Å². The van der Waals surface area contributed by atoms with Crippen LogP contribution in [0.1, 0.15) is 10.4 Å². The highest BCUT2D eigenvalue weighted by Gasteiger charge is 2.11. The quantitative estimate of drug-likeness (QED) is 0.279. The topological polar surface area (TPSA) is 59.6 Å². The number of nitrogens with two attached hydrogens (primary N) is 1. The molecule has 0 aromatic carbocycles. The molecule has 6 heteroatoms. The van der Waals surface area contributed by atoms with E-state index in [9.17, 15) is 0 Å². The number of ether oxygens (including phenoxy) is 1. The SMILES string of the molecule is COCCN=C(NN)c1scc(C)c1Cl. The maximum absolute atomic E-state index is 6.10. The van der Waals surface area contributed by atoms with Crippen LogP contribution in [0.4, 0.5) is 0 Å². The highest BCUT2D eigenvalue weighted by molar-refractivity contribution is 7.13. The van der Waals surface area contributed by atoms with Crippen LogP contribution in [0.5, 0.6) is 0 Å². The van der Waals surface area contributed by atoms with E-state index in [1.54, 1.807) is 7.11 Å². The third-order valence-corrected chi connectivity index (χ3v) is 3.52. The molecule has 0 bridgehead atoms. The third kappa shape index (κ3) is 3.17. The van der Waals surface area contributed by atoms with Crippen LogP contribution >= 0.6 is 22.9 Å². The normalized spacial score (nSPS) is 11.9. The first kappa shape index (κ1) is 12.4. The van der Waals surface area contributed by atoms with Crippen molar-refractivity contribution in [3.05, 3.63) is 20.8 Å². The predicted molar refractivity (Wildman–Crippen MR) is 64.7 cm³/mol. The molecule has 0 saturated carbocycles. The molecule has 0 aliphatic carbocycles. The first-order valence-electron chi connectivity index (χ1n) is 4.44. The van der Waals surface area contributed by atoms with Gasteiger partial charge in [0.15, 0.2) is 5.84 Å². The van der Waals surface area contributed by atoms with E-state index in [1.165, 1.54) is 11.3 Å². The van der Waals surface area contributed by atoms with E-state index in [4.69, 9.17) is 22.2 Å². The summed E-state index contributed by atoms with van der Waals surface area (Å²) in [5.41, 5.74) is 3.59. The van der Waals surface area contributed by atoms with E-state index in [0.29, 0.717) is 24.0 Å². The maximum atomic E-state index is 6.10. The van der Waals surface area contributed by atoms with Gasteiger partial charge in [-0.05, 0) is 17.9 Å². The monoisotopic (exact) mass is 247 g/mol. The Morgan fingerprint density at radius 1 is 1.73 bits per heavy atom. The summed E-state index contributed by atoms with van der Waals surface area (Å²) >= 11 is 7.62. The van der Waals surface area contributed by atoms with Crippen LogP contribution in [0, 0.1) is 6.92 Å². The predicted octanol–water partition coefficient (Wildman–Crippen LogP) is 1.57. The number of nitrogens with one attached hydrogen (secondary N) is 1. The van der Waals surface area contributed by atoms with Gasteiger partial charge in [-0.3, -0.25) is 4.99 Å². The van der Waals surface area contributed by atoms with Gasteiger partial charge >= 0.3 is 0 Å². The Kier molecular flexibility index (Phi) is 5.04. The van der Waals surface area contributed by atoms with E-state index in [0.717, 1.165) is 10.4 Å². The van der Waals surface area contributed by atoms with E-state index >= 15 is 0 Å². The highest BCUT2D eigenvalue weighted by Crippen LogP contribution is 2.26. The second-order valence-corrected chi connectivity index (χ2v) is 4.19. The van der Waals surface area contributed by atoms with Crippen molar-refractivity contribution < 1.29 is 4.74 Å². The summed E-state index contributed by atoms with van der Waals surface area (Å²) in [6, 6.07) is 0. The van der Waals surface area contributed by atoms with Crippen molar-refractivity contribution in [2.24, 2.45) is 10.8 Å². The largest absolute Gasteiger partial charge is 0.383 e. The Morgan fingerprint density at radius 3 is 2.93 bits per heavy atom. The fourth-order valence-corrected chi connectivity index (χ4v) is 2.28. The first-order valence-corrected chi connectivity index (χ1v) is 5.70. The standard InChI is InChI=1S/C9H14ClN3OS/c1-6-5-15-8(7(6)10)9(13-11)12-3-4-14-2/h5H,3-4,11H2,1-2H3,(H,12,13). The van der Waals surface area contributed by atoms with Gasteiger partial charge in [0.2, 0.25) is 0 Å². The second kappa shape index (κ2) is 6.07. The lowest BCUT2D eigenvalue weighted by Gasteiger charge is -2.04. The van der Waals surface area contributed by atoms with Crippen LogP contribution in [0.3, 0.4) is 0 Å². The summed E-state index contributed by atoms with van der Waals surface area (Å²) in [7, 11) is 1.63. The zero-order chi connectivity index (χ0) is 11.3. The van der Waals surface area contributed by atoms with E-state index in [2.05, 4.69) is 10.4 Å². The number of hydrazine groups is 1. The molecule has 15 heavy (non-hydrogen) atoms. The van der Waals surface area contributed by atoms with E-state index < -0.39 is 0 Å². The van der Waals surface area contributed by atoms with Crippen LogP contribution in [0.15, 0.2) is 10.4 Å². The molecular weight excluding hydrogens is 234 g/mol. The van der Waals surface area contributed by atoms with E-state index in [1.807, 2.05) is 12.3 Å². The zero-order valence-electron chi connectivity index (χ0n) is 8.71. The molecule has 1 heterocycles. The average Bonchev–Trinajstić information content (AvgIpc) is 2.56. The van der Waals surface area contributed by atoms with Crippen LogP contribution in [0.25, 0.3) is 0 Å². The van der Waals surface area contributed by atoms with Gasteiger partial charge in [-0.25, -0.2) is 5.84 Å². The fourth-order valence-electron chi connectivity index (χ4n) is 1.02. The minimum Gasteiger partial charge on any atom is -0.383 e. The number of hydrogen-bond acceptors (Lipinski definition) is 4. The van der Waals surface area contributed by atoms with Gasteiger partial charge in [0, 0.05) is 7.11 Å². The number of thiophene rings is 1. The van der Waals surface area contributed by atoms with Crippen molar-refractivity contribution in [2.45, 2.75) is 6.92 Å². The third-order valence-electron chi connectivity index (χ3n) is 1.82. The molecule has 0 radical (unpaired) electrons. The van der Waals surface area contributed by atoms with Crippen molar-refractivity contribution in [3.8, 4) is 0 Å². The van der Waals surface area contributed by atoms with Gasteiger partial charge in [0.25, 0.3) is 0 Å². The summed E-state index contributed by atoms with van der Waals surface area (Å²) < 4.78 is 4.90. The van der Waals surface area contributed by atoms with Gasteiger partial charge in [-0.2, -0.15) is 0 Å². The van der Waals surface area contributed by atoms with Crippen LogP contribution in [0.2, 0.25) is 5.02 Å². The molecule has 0 saturated heterocycles. The van der Waals surface area contributed by atoms with Gasteiger partial charge in [0.05, 0.1) is 23.1 Å². The lowest BCUT2D eigenvalue weighted by Crippen LogP contribution is -2.31. The molecule has 0 atom stereocenters. The number of aryl methyl sites for hydroxylation is 1. The molecule has 4 nitrogen and oxygen atoms in total. The Labute approximate surface area is 98.1 Å². The molecule has 0 fully saturated rings. The fraction of sp³-hybridized carbons (Fsp3) is 0.444. The molecule has 1 rings (SSSR count). The summed E-state index contributed by atoms with van der Waals surface area (Å²) in [5.74, 6) is 6.00. The van der Waals surface area contributed by atoms with Crippen LogP contribution in [-0.2, 0) is 4.74 Å². The summed E-state index contributed by atoms with van der Waals surface area (Å²) in [6.45, 7) is 3.07. The van der Waals surface area contributed by atoms with Gasteiger partial charge in [-0.1, -0.05) is 11.6 Å². The second-order valence-electron chi connectivity index (χ2n) is 2.93. The highest BCUT2D eigenvalue weighted by atomic mass is 35.5. The number of rotatable bonds is 4. The maximum Gasteiger partial charge on any atom is 0.154 e. The summed E-state index contributed by atoms with van der Waals surface area (Å²) in [5, 5.41) is 2.68. The molecule has 0 spiro atoms. The van der Waals surface area contributed by atoms with Crippen molar-refractivity contribution in [3.63, 3.8) is 0 Å². The molecule has 0 aliphatic heterocycles. The molecule has 1 aromatic heterocycles. The van der Waals surface area contributed by atoms with Crippen molar-refractivity contribution >= 4 is 28.8 Å². The number of hydrogen-bond donors (Lipinski definition) is 2. The molecular formula is C9H14ClN3OS. The van der Waals surface area contributed by atoms with Gasteiger partial charge in [0.1, 0.15) is 0 Å². The smallest absolute Gasteiger partial charge is 0.154 e. The molecule has 0 amide bonds. The number of amidine groups is 1. The minimum atomic E-state index is 0.559. The van der Waals surface area contributed by atoms with Gasteiger partial charge < -0.3 is 10.2 Å². The van der Waals surface area contributed by atoms with Crippen LogP contribution in [-0.4, -0.2) is 26.1 Å². The summed E-state index contributed by atoms with van der Waals surface area (Å²) in [6.07, 6.45) is 0.